The van der Waals surface area contributed by atoms with Gasteiger partial charge in [-0.15, -0.1) is 0 Å². The van der Waals surface area contributed by atoms with Gasteiger partial charge in [0.05, 0.1) is 6.04 Å². The second kappa shape index (κ2) is 6.84. The Hall–Kier alpha value is -1.00. The zero-order chi connectivity index (χ0) is 15.6. The molecule has 0 saturated carbocycles. The molecule has 116 valence electrons. The quantitative estimate of drug-likeness (QED) is 0.906. The predicted molar refractivity (Wildman–Crippen MR) is 90.4 cm³/mol. The molecule has 3 unspecified atom stereocenters. The lowest BCUT2D eigenvalue weighted by Crippen LogP contribution is -2.37. The maximum atomic E-state index is 12.7. The molecule has 1 N–H and O–H groups in total. The van der Waals surface area contributed by atoms with Crippen LogP contribution in [0, 0.1) is 12.8 Å². The van der Waals surface area contributed by atoms with E-state index >= 15 is 0 Å². The first-order chi connectivity index (χ1) is 9.95. The van der Waals surface area contributed by atoms with E-state index in [1.54, 1.807) is 11.8 Å². The first-order valence-electron chi connectivity index (χ1n) is 7.60. The van der Waals surface area contributed by atoms with Gasteiger partial charge in [-0.25, -0.2) is 0 Å². The van der Waals surface area contributed by atoms with E-state index < -0.39 is 0 Å². The Morgan fingerprint density at radius 3 is 2.52 bits per heavy atom. The molecular formula is C17H26N2OS. The number of carbonyl (C=O) groups is 1. The molecule has 4 heteroatoms. The van der Waals surface area contributed by atoms with E-state index in [2.05, 4.69) is 51.4 Å². The second-order valence-electron chi connectivity index (χ2n) is 6.18. The van der Waals surface area contributed by atoms with Gasteiger partial charge >= 0.3 is 0 Å². The summed E-state index contributed by atoms with van der Waals surface area (Å²) in [5.41, 5.74) is 2.44. The van der Waals surface area contributed by atoms with Crippen LogP contribution in [0.4, 0.5) is 0 Å². The molecule has 0 spiro atoms. The van der Waals surface area contributed by atoms with Crippen molar-refractivity contribution in [3.8, 4) is 0 Å². The van der Waals surface area contributed by atoms with Gasteiger partial charge in [-0.1, -0.05) is 45.0 Å². The number of carbonyl (C=O) groups excluding carboxylic acids is 1. The highest BCUT2D eigenvalue weighted by Gasteiger charge is 2.41. The Bertz CT molecular complexity index is 503. The number of hydrogen-bond acceptors (Lipinski definition) is 3. The van der Waals surface area contributed by atoms with E-state index in [0.717, 1.165) is 6.54 Å². The van der Waals surface area contributed by atoms with Crippen LogP contribution in [0.5, 0.6) is 0 Å². The SMILES string of the molecule is CSC(C)CN1C(=O)C(C(C)C)NC1c1ccccc1C. The van der Waals surface area contributed by atoms with E-state index in [4.69, 9.17) is 0 Å². The summed E-state index contributed by atoms with van der Waals surface area (Å²) in [4.78, 5) is 14.8. The molecule has 1 aliphatic heterocycles. The van der Waals surface area contributed by atoms with Crippen LogP contribution in [0.25, 0.3) is 0 Å². The zero-order valence-electron chi connectivity index (χ0n) is 13.6. The standard InChI is InChI=1S/C17H26N2OS/c1-11(2)15-17(20)19(10-13(4)21-5)16(18-15)14-9-7-6-8-12(14)3/h6-9,11,13,15-16,18H,10H2,1-5H3. The number of thioether (sulfide) groups is 1. The van der Waals surface area contributed by atoms with Gasteiger partial charge in [0.25, 0.3) is 0 Å². The highest BCUT2D eigenvalue weighted by molar-refractivity contribution is 7.99. The lowest BCUT2D eigenvalue weighted by atomic mass is 10.0. The van der Waals surface area contributed by atoms with Crippen molar-refractivity contribution in [3.63, 3.8) is 0 Å². The van der Waals surface area contributed by atoms with E-state index in [9.17, 15) is 4.79 Å². The fraction of sp³-hybridized carbons (Fsp3) is 0.588. The molecule has 1 amide bonds. The molecule has 1 saturated heterocycles. The molecule has 3 nitrogen and oxygen atoms in total. The van der Waals surface area contributed by atoms with Crippen molar-refractivity contribution in [3.05, 3.63) is 35.4 Å². The van der Waals surface area contributed by atoms with Crippen molar-refractivity contribution in [1.29, 1.82) is 0 Å². The largest absolute Gasteiger partial charge is 0.320 e. The third kappa shape index (κ3) is 3.43. The van der Waals surface area contributed by atoms with Gasteiger partial charge in [0, 0.05) is 11.8 Å². The third-order valence-corrected chi connectivity index (χ3v) is 5.16. The summed E-state index contributed by atoms with van der Waals surface area (Å²) in [7, 11) is 0. The Kier molecular flexibility index (Phi) is 5.33. The molecule has 0 radical (unpaired) electrons. The van der Waals surface area contributed by atoms with Crippen molar-refractivity contribution in [2.24, 2.45) is 5.92 Å². The molecule has 1 aromatic rings. The van der Waals surface area contributed by atoms with Crippen molar-refractivity contribution in [1.82, 2.24) is 10.2 Å². The second-order valence-corrected chi connectivity index (χ2v) is 7.46. The van der Waals surface area contributed by atoms with Crippen molar-refractivity contribution >= 4 is 17.7 Å². The summed E-state index contributed by atoms with van der Waals surface area (Å²) < 4.78 is 0. The molecule has 1 aromatic carbocycles. The number of hydrogen-bond donors (Lipinski definition) is 1. The van der Waals surface area contributed by atoms with Gasteiger partial charge < -0.3 is 4.90 Å². The summed E-state index contributed by atoms with van der Waals surface area (Å²) in [5, 5.41) is 3.98. The van der Waals surface area contributed by atoms with Crippen LogP contribution in [-0.2, 0) is 4.79 Å². The maximum absolute atomic E-state index is 12.7. The lowest BCUT2D eigenvalue weighted by molar-refractivity contribution is -0.130. The van der Waals surface area contributed by atoms with Gasteiger partial charge in [0.15, 0.2) is 0 Å². The van der Waals surface area contributed by atoms with Crippen LogP contribution in [-0.4, -0.2) is 34.9 Å². The van der Waals surface area contributed by atoms with Gasteiger partial charge in [-0.3, -0.25) is 10.1 Å². The molecule has 0 aliphatic carbocycles. The lowest BCUT2D eigenvalue weighted by Gasteiger charge is -2.27. The number of nitrogens with one attached hydrogen (secondary N) is 1. The molecule has 1 fully saturated rings. The molecule has 1 heterocycles. The molecule has 0 bridgehead atoms. The summed E-state index contributed by atoms with van der Waals surface area (Å²) >= 11 is 1.80. The highest BCUT2D eigenvalue weighted by atomic mass is 32.2. The Morgan fingerprint density at radius 1 is 1.29 bits per heavy atom. The van der Waals surface area contributed by atoms with Crippen molar-refractivity contribution in [2.75, 3.05) is 12.8 Å². The normalized spacial score (nSPS) is 23.9. The van der Waals surface area contributed by atoms with E-state index in [1.807, 2.05) is 17.0 Å². The minimum Gasteiger partial charge on any atom is -0.320 e. The van der Waals surface area contributed by atoms with Crippen LogP contribution in [0.15, 0.2) is 24.3 Å². The fourth-order valence-corrected chi connectivity index (χ4v) is 3.12. The summed E-state index contributed by atoms with van der Waals surface area (Å²) in [5.74, 6) is 0.540. The van der Waals surface area contributed by atoms with Crippen LogP contribution >= 0.6 is 11.8 Å². The highest BCUT2D eigenvalue weighted by Crippen LogP contribution is 2.30. The van der Waals surface area contributed by atoms with Gasteiger partial charge in [-0.2, -0.15) is 11.8 Å². The van der Waals surface area contributed by atoms with Gasteiger partial charge in [0.2, 0.25) is 5.91 Å². The molecular weight excluding hydrogens is 280 g/mol. The summed E-state index contributed by atoms with van der Waals surface area (Å²) in [6, 6.07) is 8.25. The first kappa shape index (κ1) is 16.4. The molecule has 3 atom stereocenters. The molecule has 0 aromatic heterocycles. The number of amides is 1. The summed E-state index contributed by atoms with van der Waals surface area (Å²) in [6.07, 6.45) is 2.10. The van der Waals surface area contributed by atoms with Crippen molar-refractivity contribution in [2.45, 2.75) is 45.2 Å². The van der Waals surface area contributed by atoms with Gasteiger partial charge in [-0.05, 0) is 30.2 Å². The van der Waals surface area contributed by atoms with E-state index in [1.165, 1.54) is 11.1 Å². The molecule has 1 aliphatic rings. The number of benzene rings is 1. The zero-order valence-corrected chi connectivity index (χ0v) is 14.4. The van der Waals surface area contributed by atoms with Crippen LogP contribution in [0.3, 0.4) is 0 Å². The monoisotopic (exact) mass is 306 g/mol. The number of aryl methyl sites for hydroxylation is 1. The topological polar surface area (TPSA) is 32.3 Å². The molecule has 21 heavy (non-hydrogen) atoms. The fourth-order valence-electron chi connectivity index (χ4n) is 2.81. The minimum atomic E-state index is -0.0799. The number of rotatable bonds is 5. The van der Waals surface area contributed by atoms with Crippen molar-refractivity contribution < 1.29 is 4.79 Å². The van der Waals surface area contributed by atoms with E-state index in [-0.39, 0.29) is 18.1 Å². The summed E-state index contributed by atoms with van der Waals surface area (Å²) in [6.45, 7) is 9.28. The van der Waals surface area contributed by atoms with Crippen LogP contribution in [0.1, 0.15) is 38.1 Å². The Labute approximate surface area is 132 Å². The Morgan fingerprint density at radius 2 is 1.95 bits per heavy atom. The van der Waals surface area contributed by atoms with Crippen LogP contribution in [0.2, 0.25) is 0 Å². The number of nitrogens with zero attached hydrogens (tertiary/aromatic N) is 1. The minimum absolute atomic E-state index is 0.000648. The molecule has 2 rings (SSSR count). The average molecular weight is 306 g/mol. The Balaban J connectivity index is 2.32. The smallest absolute Gasteiger partial charge is 0.241 e. The first-order valence-corrected chi connectivity index (χ1v) is 8.89. The third-order valence-electron chi connectivity index (χ3n) is 4.20. The maximum Gasteiger partial charge on any atom is 0.241 e. The van der Waals surface area contributed by atoms with E-state index in [0.29, 0.717) is 11.2 Å². The average Bonchev–Trinajstić information content (AvgIpc) is 2.77. The van der Waals surface area contributed by atoms with Crippen LogP contribution < -0.4 is 5.32 Å². The van der Waals surface area contributed by atoms with Gasteiger partial charge in [0.1, 0.15) is 6.17 Å². The predicted octanol–water partition coefficient (Wildman–Crippen LogP) is 3.20.